The minimum absolute atomic E-state index is 0.0130. The highest BCUT2D eigenvalue weighted by Gasteiger charge is 2.46. The summed E-state index contributed by atoms with van der Waals surface area (Å²) < 4.78 is 0. The quantitative estimate of drug-likeness (QED) is 0.635. The smallest absolute Gasteiger partial charge is 0.233 e. The molecule has 5 heteroatoms. The summed E-state index contributed by atoms with van der Waals surface area (Å²) in [6, 6.07) is 0. The minimum atomic E-state index is -0.126. The van der Waals surface area contributed by atoms with Crippen molar-refractivity contribution in [2.45, 2.75) is 19.3 Å². The standard InChI is InChI=1S/C13H15N3O2/c17-12-9-3-1-2-4-10(9)13(18)16(12)8-5-11-14-6-7-15-11/h1-2,6-7,9-10H,3-5,8H2,(H,14,15). The largest absolute Gasteiger partial charge is 0.349 e. The number of carbonyl (C=O) groups is 2. The number of allylic oxidation sites excluding steroid dienone is 2. The fourth-order valence-electron chi connectivity index (χ4n) is 2.74. The fourth-order valence-corrected chi connectivity index (χ4v) is 2.74. The van der Waals surface area contributed by atoms with Gasteiger partial charge in [-0.1, -0.05) is 12.2 Å². The Morgan fingerprint density at radius 2 is 1.89 bits per heavy atom. The van der Waals surface area contributed by atoms with Crippen LogP contribution in [-0.2, 0) is 16.0 Å². The molecule has 1 aromatic heterocycles. The fraction of sp³-hybridized carbons (Fsp3) is 0.462. The molecule has 5 nitrogen and oxygen atoms in total. The van der Waals surface area contributed by atoms with E-state index in [2.05, 4.69) is 9.97 Å². The summed E-state index contributed by atoms with van der Waals surface area (Å²) in [6.45, 7) is 0.429. The van der Waals surface area contributed by atoms with Crippen molar-refractivity contribution in [1.29, 1.82) is 0 Å². The molecule has 1 N–H and O–H groups in total. The number of likely N-dealkylation sites (tertiary alicyclic amines) is 1. The summed E-state index contributed by atoms with van der Waals surface area (Å²) in [6.07, 6.45) is 9.42. The number of aromatic amines is 1. The van der Waals surface area contributed by atoms with Gasteiger partial charge in [0.05, 0.1) is 11.8 Å². The zero-order chi connectivity index (χ0) is 12.5. The molecule has 2 unspecified atom stereocenters. The van der Waals surface area contributed by atoms with Crippen LogP contribution in [0.25, 0.3) is 0 Å². The molecule has 2 amide bonds. The van der Waals surface area contributed by atoms with E-state index in [9.17, 15) is 9.59 Å². The molecule has 0 aromatic carbocycles. The van der Waals surface area contributed by atoms with E-state index in [1.807, 2.05) is 12.2 Å². The van der Waals surface area contributed by atoms with E-state index in [0.29, 0.717) is 25.8 Å². The number of carbonyl (C=O) groups excluding carboxylic acids is 2. The van der Waals surface area contributed by atoms with Crippen molar-refractivity contribution >= 4 is 11.8 Å². The Bertz CT molecular complexity index is 466. The molecule has 3 rings (SSSR count). The number of hydrogen-bond acceptors (Lipinski definition) is 3. The normalized spacial score (nSPS) is 26.8. The predicted molar refractivity (Wildman–Crippen MR) is 64.4 cm³/mol. The first kappa shape index (κ1) is 11.2. The monoisotopic (exact) mass is 245 g/mol. The third kappa shape index (κ3) is 1.75. The number of imidazole rings is 1. The second-order valence-electron chi connectivity index (χ2n) is 4.77. The van der Waals surface area contributed by atoms with E-state index in [1.54, 1.807) is 12.4 Å². The van der Waals surface area contributed by atoms with Gasteiger partial charge in [-0.25, -0.2) is 4.98 Å². The first-order chi connectivity index (χ1) is 8.77. The highest BCUT2D eigenvalue weighted by Crippen LogP contribution is 2.34. The van der Waals surface area contributed by atoms with Crippen molar-refractivity contribution < 1.29 is 9.59 Å². The number of imide groups is 1. The van der Waals surface area contributed by atoms with Crippen LogP contribution < -0.4 is 0 Å². The molecule has 94 valence electrons. The number of nitrogens with zero attached hydrogens (tertiary/aromatic N) is 2. The van der Waals surface area contributed by atoms with Gasteiger partial charge in [-0.3, -0.25) is 14.5 Å². The lowest BCUT2D eigenvalue weighted by Crippen LogP contribution is -2.33. The second-order valence-corrected chi connectivity index (χ2v) is 4.77. The highest BCUT2D eigenvalue weighted by atomic mass is 16.2. The second kappa shape index (κ2) is 4.40. The summed E-state index contributed by atoms with van der Waals surface area (Å²) in [5.41, 5.74) is 0. The van der Waals surface area contributed by atoms with E-state index in [-0.39, 0.29) is 23.7 Å². The number of H-pyrrole nitrogens is 1. The van der Waals surface area contributed by atoms with Crippen molar-refractivity contribution in [3.8, 4) is 0 Å². The average molecular weight is 245 g/mol. The molecular weight excluding hydrogens is 230 g/mol. The Labute approximate surface area is 105 Å². The zero-order valence-electron chi connectivity index (χ0n) is 10.0. The SMILES string of the molecule is O=C1C2CC=CCC2C(=O)N1CCc1ncc[nH]1. The number of rotatable bonds is 3. The zero-order valence-corrected chi connectivity index (χ0v) is 10.0. The molecule has 1 aromatic rings. The van der Waals surface area contributed by atoms with Crippen molar-refractivity contribution in [1.82, 2.24) is 14.9 Å². The lowest BCUT2D eigenvalue weighted by atomic mass is 9.85. The van der Waals surface area contributed by atoms with Gasteiger partial charge in [-0.05, 0) is 12.8 Å². The van der Waals surface area contributed by atoms with Gasteiger partial charge in [0.2, 0.25) is 11.8 Å². The van der Waals surface area contributed by atoms with Gasteiger partial charge in [0.25, 0.3) is 0 Å². The number of hydrogen-bond donors (Lipinski definition) is 1. The van der Waals surface area contributed by atoms with Gasteiger partial charge in [-0.2, -0.15) is 0 Å². The predicted octanol–water partition coefficient (Wildman–Crippen LogP) is 0.903. The van der Waals surface area contributed by atoms with E-state index in [0.717, 1.165) is 5.82 Å². The summed E-state index contributed by atoms with van der Waals surface area (Å²) in [5, 5.41) is 0. The van der Waals surface area contributed by atoms with Crippen molar-refractivity contribution in [2.24, 2.45) is 11.8 Å². The van der Waals surface area contributed by atoms with Gasteiger partial charge in [0.1, 0.15) is 5.82 Å². The van der Waals surface area contributed by atoms with Crippen molar-refractivity contribution in [2.75, 3.05) is 6.54 Å². The van der Waals surface area contributed by atoms with Gasteiger partial charge in [0, 0.05) is 25.4 Å². The molecular formula is C13H15N3O2. The summed E-state index contributed by atoms with van der Waals surface area (Å²) in [5.74, 6) is 0.531. The molecule has 1 aliphatic carbocycles. The Morgan fingerprint density at radius 1 is 1.22 bits per heavy atom. The molecule has 1 fully saturated rings. The minimum Gasteiger partial charge on any atom is -0.349 e. The highest BCUT2D eigenvalue weighted by molar-refractivity contribution is 6.05. The van der Waals surface area contributed by atoms with E-state index in [1.165, 1.54) is 4.90 Å². The molecule has 18 heavy (non-hydrogen) atoms. The van der Waals surface area contributed by atoms with Crippen LogP contribution in [0.4, 0.5) is 0 Å². The Morgan fingerprint density at radius 3 is 2.44 bits per heavy atom. The van der Waals surface area contributed by atoms with E-state index < -0.39 is 0 Å². The molecule has 0 bridgehead atoms. The molecule has 0 radical (unpaired) electrons. The molecule has 2 atom stereocenters. The summed E-state index contributed by atoms with van der Waals surface area (Å²) in [7, 11) is 0. The number of aromatic nitrogens is 2. The maximum absolute atomic E-state index is 12.2. The lowest BCUT2D eigenvalue weighted by molar-refractivity contribution is -0.139. The van der Waals surface area contributed by atoms with Crippen LogP contribution >= 0.6 is 0 Å². The summed E-state index contributed by atoms with van der Waals surface area (Å²) in [4.78, 5) is 32.8. The van der Waals surface area contributed by atoms with Crippen LogP contribution in [0.15, 0.2) is 24.5 Å². The third-order valence-corrected chi connectivity index (χ3v) is 3.73. The topological polar surface area (TPSA) is 66.1 Å². The third-order valence-electron chi connectivity index (χ3n) is 3.73. The first-order valence-electron chi connectivity index (χ1n) is 6.26. The Kier molecular flexibility index (Phi) is 2.74. The maximum Gasteiger partial charge on any atom is 0.233 e. The van der Waals surface area contributed by atoms with Crippen LogP contribution in [-0.4, -0.2) is 33.2 Å². The number of nitrogens with one attached hydrogen (secondary N) is 1. The van der Waals surface area contributed by atoms with Crippen LogP contribution in [0.2, 0.25) is 0 Å². The van der Waals surface area contributed by atoms with Gasteiger partial charge in [0.15, 0.2) is 0 Å². The Hall–Kier alpha value is -1.91. The first-order valence-corrected chi connectivity index (χ1v) is 6.26. The number of amides is 2. The average Bonchev–Trinajstić information content (AvgIpc) is 2.98. The van der Waals surface area contributed by atoms with Crippen molar-refractivity contribution in [3.05, 3.63) is 30.4 Å². The molecule has 1 saturated heterocycles. The van der Waals surface area contributed by atoms with Gasteiger partial charge in [-0.15, -0.1) is 0 Å². The van der Waals surface area contributed by atoms with E-state index >= 15 is 0 Å². The Balaban J connectivity index is 1.70. The van der Waals surface area contributed by atoms with Crippen molar-refractivity contribution in [3.63, 3.8) is 0 Å². The maximum atomic E-state index is 12.2. The van der Waals surface area contributed by atoms with Crippen LogP contribution in [0.5, 0.6) is 0 Å². The molecule has 1 aliphatic heterocycles. The van der Waals surface area contributed by atoms with Crippen LogP contribution in [0.1, 0.15) is 18.7 Å². The molecule has 2 heterocycles. The van der Waals surface area contributed by atoms with Gasteiger partial charge >= 0.3 is 0 Å². The van der Waals surface area contributed by atoms with E-state index in [4.69, 9.17) is 0 Å². The number of fused-ring (bicyclic) bond motifs is 1. The summed E-state index contributed by atoms with van der Waals surface area (Å²) >= 11 is 0. The molecule has 0 saturated carbocycles. The van der Waals surface area contributed by atoms with Crippen LogP contribution in [0.3, 0.4) is 0 Å². The lowest BCUT2D eigenvalue weighted by Gasteiger charge is -2.14. The molecule has 2 aliphatic rings. The molecule has 0 spiro atoms. The van der Waals surface area contributed by atoms with Gasteiger partial charge < -0.3 is 4.98 Å². The van der Waals surface area contributed by atoms with Crippen LogP contribution in [0, 0.1) is 11.8 Å².